The smallest absolute Gasteiger partial charge is 0.151 e. The fourth-order valence-electron chi connectivity index (χ4n) is 4.10. The summed E-state index contributed by atoms with van der Waals surface area (Å²) >= 11 is 0. The molecule has 2 aromatic heterocycles. The highest BCUT2D eigenvalue weighted by atomic mass is 16.3. The fraction of sp³-hybridized carbons (Fsp3) is 0.167. The molecule has 0 radical (unpaired) electrons. The van der Waals surface area contributed by atoms with Crippen LogP contribution in [0.4, 0.5) is 0 Å². The van der Waals surface area contributed by atoms with Gasteiger partial charge in [-0.1, -0.05) is 42.5 Å². The molecule has 1 aliphatic rings. The lowest BCUT2D eigenvalue weighted by Crippen LogP contribution is -2.10. The number of furan rings is 1. The van der Waals surface area contributed by atoms with Crippen molar-refractivity contribution in [3.05, 3.63) is 83.7 Å². The first-order chi connectivity index (χ1) is 13.2. The van der Waals surface area contributed by atoms with E-state index in [1.807, 2.05) is 25.1 Å². The van der Waals surface area contributed by atoms with E-state index in [1.165, 1.54) is 22.4 Å². The van der Waals surface area contributed by atoms with Crippen LogP contribution >= 0.6 is 0 Å². The van der Waals surface area contributed by atoms with Crippen molar-refractivity contribution in [2.24, 2.45) is 5.73 Å². The molecule has 0 bridgehead atoms. The van der Waals surface area contributed by atoms with Gasteiger partial charge in [-0.05, 0) is 55.2 Å². The van der Waals surface area contributed by atoms with Gasteiger partial charge in [-0.3, -0.25) is 0 Å². The Balaban J connectivity index is 1.73. The molecule has 4 aromatic rings. The van der Waals surface area contributed by atoms with Crippen LogP contribution in [0.25, 0.3) is 33.6 Å². The van der Waals surface area contributed by atoms with E-state index >= 15 is 0 Å². The van der Waals surface area contributed by atoms with Crippen molar-refractivity contribution in [1.29, 1.82) is 0 Å². The normalized spacial score (nSPS) is 13.6. The monoisotopic (exact) mass is 354 g/mol. The number of aromatic nitrogens is 1. The number of aryl methyl sites for hydroxylation is 1. The highest BCUT2D eigenvalue weighted by Gasteiger charge is 2.23. The molecule has 2 aromatic carbocycles. The average molecular weight is 354 g/mol. The summed E-state index contributed by atoms with van der Waals surface area (Å²) in [5, 5.41) is 1.13. The number of benzene rings is 2. The van der Waals surface area contributed by atoms with Crippen LogP contribution < -0.4 is 5.73 Å². The van der Waals surface area contributed by atoms with Crippen molar-refractivity contribution >= 4 is 11.0 Å². The van der Waals surface area contributed by atoms with Crippen LogP contribution in [-0.2, 0) is 19.4 Å². The largest absolute Gasteiger partial charge is 0.455 e. The second-order valence-electron chi connectivity index (χ2n) is 7.25. The first-order valence-corrected chi connectivity index (χ1v) is 9.42. The lowest BCUT2D eigenvalue weighted by molar-refractivity contribution is 0.618. The summed E-state index contributed by atoms with van der Waals surface area (Å²) in [5.74, 6) is 0.908. The molecule has 0 saturated carbocycles. The molecule has 5 rings (SSSR count). The van der Waals surface area contributed by atoms with Gasteiger partial charge in [0.1, 0.15) is 5.58 Å². The molecule has 134 valence electrons. The first kappa shape index (κ1) is 16.0. The standard InChI is InChI=1S/C24H22N2O/c1-16(25)12-13-26-21-11-10-17-6-2-4-8-19(17)20(21)15-22(26)24-14-18-7-3-5-9-23(18)27-24/h2-9,12,14-15H,10-11,13,25H2,1H3/b16-12+. The number of nitrogens with two attached hydrogens (primary N) is 1. The van der Waals surface area contributed by atoms with Gasteiger partial charge in [-0.25, -0.2) is 0 Å². The zero-order valence-electron chi connectivity index (χ0n) is 15.4. The van der Waals surface area contributed by atoms with Gasteiger partial charge < -0.3 is 14.7 Å². The molecular formula is C24H22N2O. The molecule has 0 fully saturated rings. The molecule has 3 nitrogen and oxygen atoms in total. The summed E-state index contributed by atoms with van der Waals surface area (Å²) < 4.78 is 8.55. The summed E-state index contributed by atoms with van der Waals surface area (Å²) in [5.41, 5.74) is 14.2. The van der Waals surface area contributed by atoms with Crippen LogP contribution in [0.15, 0.2) is 76.9 Å². The van der Waals surface area contributed by atoms with Crippen LogP contribution in [0.1, 0.15) is 18.2 Å². The Kier molecular flexibility index (Phi) is 3.68. The molecule has 2 N–H and O–H groups in total. The summed E-state index contributed by atoms with van der Waals surface area (Å²) in [6, 6.07) is 21.3. The lowest BCUT2D eigenvalue weighted by Gasteiger charge is -2.19. The Morgan fingerprint density at radius 1 is 1.04 bits per heavy atom. The Hall–Kier alpha value is -3.20. The summed E-state index contributed by atoms with van der Waals surface area (Å²) in [6.07, 6.45) is 4.18. The van der Waals surface area contributed by atoms with Crippen molar-refractivity contribution in [1.82, 2.24) is 4.57 Å². The van der Waals surface area contributed by atoms with E-state index in [0.717, 1.165) is 47.5 Å². The molecule has 0 atom stereocenters. The van der Waals surface area contributed by atoms with Gasteiger partial charge in [0.2, 0.25) is 0 Å². The highest BCUT2D eigenvalue weighted by Crippen LogP contribution is 2.40. The minimum Gasteiger partial charge on any atom is -0.455 e. The summed E-state index contributed by atoms with van der Waals surface area (Å²) in [7, 11) is 0. The quantitative estimate of drug-likeness (QED) is 0.526. The van der Waals surface area contributed by atoms with Crippen LogP contribution in [0.2, 0.25) is 0 Å². The average Bonchev–Trinajstić information content (AvgIpc) is 3.27. The highest BCUT2D eigenvalue weighted by molar-refractivity contribution is 5.84. The zero-order chi connectivity index (χ0) is 18.4. The third-order valence-electron chi connectivity index (χ3n) is 5.42. The molecular weight excluding hydrogens is 332 g/mol. The lowest BCUT2D eigenvalue weighted by atomic mass is 9.90. The van der Waals surface area contributed by atoms with E-state index in [0.29, 0.717) is 0 Å². The number of hydrogen-bond acceptors (Lipinski definition) is 2. The maximum atomic E-state index is 6.19. The molecule has 3 heteroatoms. The van der Waals surface area contributed by atoms with Crippen molar-refractivity contribution in [3.63, 3.8) is 0 Å². The number of nitrogens with zero attached hydrogens (tertiary/aromatic N) is 1. The molecule has 1 aliphatic carbocycles. The SMILES string of the molecule is C/C(N)=C\Cn1c(-c2cc3ccccc3o2)cc2c1CCc1ccccc1-2. The van der Waals surface area contributed by atoms with E-state index in [-0.39, 0.29) is 0 Å². The Labute approximate surface area is 158 Å². The third-order valence-corrected chi connectivity index (χ3v) is 5.42. The van der Waals surface area contributed by atoms with Gasteiger partial charge in [0.25, 0.3) is 0 Å². The van der Waals surface area contributed by atoms with E-state index in [9.17, 15) is 0 Å². The molecule has 0 aliphatic heterocycles. The van der Waals surface area contributed by atoms with Gasteiger partial charge in [0, 0.05) is 28.9 Å². The molecule has 0 saturated heterocycles. The number of para-hydroxylation sites is 1. The molecule has 2 heterocycles. The number of hydrogen-bond donors (Lipinski definition) is 1. The van der Waals surface area contributed by atoms with E-state index in [2.05, 4.69) is 53.1 Å². The maximum Gasteiger partial charge on any atom is 0.151 e. The predicted octanol–water partition coefficient (Wildman–Crippen LogP) is 5.53. The molecule has 0 amide bonds. The Morgan fingerprint density at radius 3 is 2.70 bits per heavy atom. The first-order valence-electron chi connectivity index (χ1n) is 9.42. The molecule has 0 unspecified atom stereocenters. The van der Waals surface area contributed by atoms with Crippen LogP contribution in [0.3, 0.4) is 0 Å². The molecule has 27 heavy (non-hydrogen) atoms. The van der Waals surface area contributed by atoms with Gasteiger partial charge in [-0.15, -0.1) is 0 Å². The van der Waals surface area contributed by atoms with Crippen molar-refractivity contribution in [2.45, 2.75) is 26.3 Å². The van der Waals surface area contributed by atoms with Gasteiger partial charge in [0.15, 0.2) is 5.76 Å². The van der Waals surface area contributed by atoms with Crippen molar-refractivity contribution in [2.75, 3.05) is 0 Å². The second kappa shape index (κ2) is 6.20. The van der Waals surface area contributed by atoms with E-state index < -0.39 is 0 Å². The van der Waals surface area contributed by atoms with Gasteiger partial charge >= 0.3 is 0 Å². The van der Waals surface area contributed by atoms with Crippen LogP contribution in [0.5, 0.6) is 0 Å². The number of allylic oxidation sites excluding steroid dienone is 2. The van der Waals surface area contributed by atoms with Crippen molar-refractivity contribution in [3.8, 4) is 22.6 Å². The van der Waals surface area contributed by atoms with Gasteiger partial charge in [0.05, 0.1) is 5.69 Å². The zero-order valence-corrected chi connectivity index (χ0v) is 15.4. The van der Waals surface area contributed by atoms with Crippen LogP contribution in [-0.4, -0.2) is 4.57 Å². The Bertz CT molecular complexity index is 1140. The third kappa shape index (κ3) is 2.67. The minimum absolute atomic E-state index is 0.756. The fourth-order valence-corrected chi connectivity index (χ4v) is 4.10. The number of fused-ring (bicyclic) bond motifs is 4. The predicted molar refractivity (Wildman–Crippen MR) is 110 cm³/mol. The molecule has 0 spiro atoms. The number of rotatable bonds is 3. The second-order valence-corrected chi connectivity index (χ2v) is 7.25. The summed E-state index contributed by atoms with van der Waals surface area (Å²) in [6.45, 7) is 2.69. The Morgan fingerprint density at radius 2 is 1.85 bits per heavy atom. The van der Waals surface area contributed by atoms with E-state index in [1.54, 1.807) is 0 Å². The van der Waals surface area contributed by atoms with E-state index in [4.69, 9.17) is 10.2 Å². The van der Waals surface area contributed by atoms with Crippen molar-refractivity contribution < 1.29 is 4.42 Å². The summed E-state index contributed by atoms with van der Waals surface area (Å²) in [4.78, 5) is 0. The maximum absolute atomic E-state index is 6.19. The minimum atomic E-state index is 0.756. The van der Waals surface area contributed by atoms with Gasteiger partial charge in [-0.2, -0.15) is 0 Å². The topological polar surface area (TPSA) is 44.1 Å². The van der Waals surface area contributed by atoms with Crippen LogP contribution in [0, 0.1) is 0 Å².